The van der Waals surface area contributed by atoms with Crippen molar-refractivity contribution in [2.24, 2.45) is 0 Å². The molecule has 0 spiro atoms. The molecule has 1 aromatic rings. The molecule has 1 aromatic heterocycles. The third kappa shape index (κ3) is 4.06. The van der Waals surface area contributed by atoms with Gasteiger partial charge >= 0.3 is 13.2 Å². The average molecular weight is 393 g/mol. The van der Waals surface area contributed by atoms with Crippen LogP contribution in [0.2, 0.25) is 0 Å². The molecule has 2 fully saturated rings. The molecule has 2 aliphatic heterocycles. The SMILES string of the molecule is CC(C)(C)OC(=O)N1CC(n2cc(B3OC(C)(C)C(C)(C)O3)cn2)C[C@H]1CO. The van der Waals surface area contributed by atoms with Crippen LogP contribution in [0.15, 0.2) is 12.4 Å². The molecule has 9 heteroatoms. The van der Waals surface area contributed by atoms with E-state index in [-0.39, 0.29) is 18.7 Å². The monoisotopic (exact) mass is 393 g/mol. The molecule has 8 nitrogen and oxygen atoms in total. The van der Waals surface area contributed by atoms with Crippen molar-refractivity contribution < 1.29 is 23.9 Å². The van der Waals surface area contributed by atoms with Crippen LogP contribution in [0.25, 0.3) is 0 Å². The summed E-state index contributed by atoms with van der Waals surface area (Å²) < 4.78 is 19.5. The normalized spacial score (nSPS) is 26.7. The van der Waals surface area contributed by atoms with Crippen molar-refractivity contribution in [1.82, 2.24) is 14.7 Å². The molecule has 1 unspecified atom stereocenters. The number of carbonyl (C=O) groups excluding carboxylic acids is 1. The zero-order valence-electron chi connectivity index (χ0n) is 17.9. The fourth-order valence-electron chi connectivity index (χ4n) is 3.45. The molecule has 0 bridgehead atoms. The number of aromatic nitrogens is 2. The summed E-state index contributed by atoms with van der Waals surface area (Å²) in [6, 6.07) is -0.329. The Morgan fingerprint density at radius 3 is 2.46 bits per heavy atom. The molecule has 3 heterocycles. The molecular weight excluding hydrogens is 361 g/mol. The van der Waals surface area contributed by atoms with E-state index in [0.29, 0.717) is 13.0 Å². The maximum Gasteiger partial charge on any atom is 0.498 e. The van der Waals surface area contributed by atoms with Gasteiger partial charge in [0.2, 0.25) is 0 Å². The first-order chi connectivity index (χ1) is 12.8. The summed E-state index contributed by atoms with van der Waals surface area (Å²) in [5.74, 6) is 0. The van der Waals surface area contributed by atoms with Gasteiger partial charge in [-0.15, -0.1) is 0 Å². The highest BCUT2D eigenvalue weighted by molar-refractivity contribution is 6.62. The lowest BCUT2D eigenvalue weighted by atomic mass is 9.82. The lowest BCUT2D eigenvalue weighted by Crippen LogP contribution is -2.41. The molecule has 28 heavy (non-hydrogen) atoms. The predicted molar refractivity (Wildman–Crippen MR) is 105 cm³/mol. The number of hydrogen-bond donors (Lipinski definition) is 1. The van der Waals surface area contributed by atoms with E-state index in [4.69, 9.17) is 14.0 Å². The van der Waals surface area contributed by atoms with Crippen LogP contribution in [0.4, 0.5) is 4.79 Å². The third-order valence-electron chi connectivity index (χ3n) is 5.75. The minimum absolute atomic E-state index is 0.0409. The summed E-state index contributed by atoms with van der Waals surface area (Å²) in [5.41, 5.74) is -0.564. The van der Waals surface area contributed by atoms with Crippen LogP contribution in [-0.4, -0.2) is 69.0 Å². The Labute approximate surface area is 167 Å². The molecule has 3 rings (SSSR count). The van der Waals surface area contributed by atoms with E-state index in [2.05, 4.69) is 5.10 Å². The van der Waals surface area contributed by atoms with Crippen LogP contribution in [0, 0.1) is 0 Å². The lowest BCUT2D eigenvalue weighted by Gasteiger charge is -2.32. The smallest absolute Gasteiger partial charge is 0.444 e. The van der Waals surface area contributed by atoms with Crippen molar-refractivity contribution in [2.45, 2.75) is 83.8 Å². The van der Waals surface area contributed by atoms with Crippen molar-refractivity contribution >= 4 is 18.7 Å². The molecule has 156 valence electrons. The Balaban J connectivity index is 1.71. The number of hydrogen-bond acceptors (Lipinski definition) is 6. The zero-order chi connectivity index (χ0) is 20.9. The van der Waals surface area contributed by atoms with Crippen LogP contribution in [0.3, 0.4) is 0 Å². The van der Waals surface area contributed by atoms with Crippen molar-refractivity contribution in [1.29, 1.82) is 0 Å². The number of likely N-dealkylation sites (tertiary alicyclic amines) is 1. The number of ether oxygens (including phenoxy) is 1. The summed E-state index contributed by atoms with van der Waals surface area (Å²) in [5, 5.41) is 14.2. The van der Waals surface area contributed by atoms with E-state index in [0.717, 1.165) is 5.46 Å². The maximum atomic E-state index is 12.5. The van der Waals surface area contributed by atoms with Gasteiger partial charge in [-0.25, -0.2) is 4.79 Å². The van der Waals surface area contributed by atoms with Gasteiger partial charge in [0.1, 0.15) is 5.60 Å². The second-order valence-corrected chi connectivity index (χ2v) is 9.70. The molecule has 0 radical (unpaired) electrons. The van der Waals surface area contributed by atoms with Crippen LogP contribution in [0.1, 0.15) is 60.9 Å². The van der Waals surface area contributed by atoms with Crippen molar-refractivity contribution in [3.8, 4) is 0 Å². The first-order valence-electron chi connectivity index (χ1n) is 9.83. The topological polar surface area (TPSA) is 86.1 Å². The fourth-order valence-corrected chi connectivity index (χ4v) is 3.45. The van der Waals surface area contributed by atoms with Gasteiger partial charge in [-0.2, -0.15) is 5.10 Å². The van der Waals surface area contributed by atoms with Gasteiger partial charge in [-0.05, 0) is 54.9 Å². The number of amides is 1. The molecule has 1 amide bonds. The second kappa shape index (κ2) is 7.04. The second-order valence-electron chi connectivity index (χ2n) is 9.70. The highest BCUT2D eigenvalue weighted by atomic mass is 16.7. The Morgan fingerprint density at radius 2 is 1.93 bits per heavy atom. The van der Waals surface area contributed by atoms with Gasteiger partial charge in [-0.1, -0.05) is 0 Å². The van der Waals surface area contributed by atoms with E-state index < -0.39 is 30.0 Å². The van der Waals surface area contributed by atoms with Crippen molar-refractivity contribution in [2.75, 3.05) is 13.2 Å². The summed E-state index contributed by atoms with van der Waals surface area (Å²) in [6.45, 7) is 13.9. The number of nitrogens with zero attached hydrogens (tertiary/aromatic N) is 3. The Morgan fingerprint density at radius 1 is 1.32 bits per heavy atom. The Hall–Kier alpha value is -1.58. The highest BCUT2D eigenvalue weighted by Gasteiger charge is 2.52. The summed E-state index contributed by atoms with van der Waals surface area (Å²) in [4.78, 5) is 14.1. The van der Waals surface area contributed by atoms with Gasteiger partial charge in [0.15, 0.2) is 0 Å². The van der Waals surface area contributed by atoms with Crippen molar-refractivity contribution in [3.05, 3.63) is 12.4 Å². The Kier molecular flexibility index (Phi) is 5.31. The summed E-state index contributed by atoms with van der Waals surface area (Å²) in [6.07, 6.45) is 3.85. The van der Waals surface area contributed by atoms with Gasteiger partial charge < -0.3 is 24.1 Å². The maximum absolute atomic E-state index is 12.5. The van der Waals surface area contributed by atoms with Gasteiger partial charge in [0.05, 0.1) is 29.9 Å². The van der Waals surface area contributed by atoms with Gasteiger partial charge in [-0.3, -0.25) is 4.68 Å². The van der Waals surface area contributed by atoms with E-state index in [1.54, 1.807) is 11.1 Å². The minimum Gasteiger partial charge on any atom is -0.444 e. The van der Waals surface area contributed by atoms with Gasteiger partial charge in [0.25, 0.3) is 0 Å². The number of aliphatic hydroxyl groups is 1. The minimum atomic E-state index is -0.579. The quantitative estimate of drug-likeness (QED) is 0.788. The number of aliphatic hydroxyl groups excluding tert-OH is 1. The first-order valence-corrected chi connectivity index (χ1v) is 9.83. The lowest BCUT2D eigenvalue weighted by molar-refractivity contribution is 0.00578. The van der Waals surface area contributed by atoms with E-state index >= 15 is 0 Å². The molecular formula is C19H32BN3O5. The van der Waals surface area contributed by atoms with Crippen LogP contribution in [-0.2, 0) is 14.0 Å². The number of rotatable bonds is 3. The number of carbonyl (C=O) groups is 1. The van der Waals surface area contributed by atoms with Gasteiger partial charge in [0, 0.05) is 24.4 Å². The standard InChI is InChI=1S/C19H32BN3O5/c1-17(2,3)26-16(25)22-11-14(8-15(22)12-24)23-10-13(9-21-23)20-27-18(4,5)19(6,7)28-20/h9-10,14-15,24H,8,11-12H2,1-7H3/t14?,15-/m0/s1. The molecule has 0 saturated carbocycles. The average Bonchev–Trinajstić information content (AvgIpc) is 3.22. The van der Waals surface area contributed by atoms with Crippen LogP contribution >= 0.6 is 0 Å². The third-order valence-corrected chi connectivity index (χ3v) is 5.75. The molecule has 0 aliphatic carbocycles. The van der Waals surface area contributed by atoms with Crippen LogP contribution < -0.4 is 5.46 Å². The first kappa shape index (κ1) is 21.1. The zero-order valence-corrected chi connectivity index (χ0v) is 17.9. The molecule has 2 atom stereocenters. The molecule has 2 aliphatic rings. The molecule has 0 aromatic carbocycles. The van der Waals surface area contributed by atoms with E-state index in [1.165, 1.54) is 0 Å². The van der Waals surface area contributed by atoms with Crippen LogP contribution in [0.5, 0.6) is 0 Å². The Bertz CT molecular complexity index is 711. The van der Waals surface area contributed by atoms with E-state index in [9.17, 15) is 9.90 Å². The highest BCUT2D eigenvalue weighted by Crippen LogP contribution is 2.36. The predicted octanol–water partition coefficient (Wildman–Crippen LogP) is 1.73. The fraction of sp³-hybridized carbons (Fsp3) is 0.789. The molecule has 2 saturated heterocycles. The molecule has 1 N–H and O–H groups in total. The summed E-state index contributed by atoms with van der Waals surface area (Å²) >= 11 is 0. The van der Waals surface area contributed by atoms with E-state index in [1.807, 2.05) is 59.3 Å². The summed E-state index contributed by atoms with van der Waals surface area (Å²) in [7, 11) is -0.476. The van der Waals surface area contributed by atoms with Crippen molar-refractivity contribution in [3.63, 3.8) is 0 Å². The largest absolute Gasteiger partial charge is 0.498 e.